The summed E-state index contributed by atoms with van der Waals surface area (Å²) in [6.07, 6.45) is 0. The van der Waals surface area contributed by atoms with Crippen LogP contribution in [0.3, 0.4) is 0 Å². The third-order valence-electron chi connectivity index (χ3n) is 2.77. The number of rotatable bonds is 5. The van der Waals surface area contributed by atoms with Crippen LogP contribution in [0.4, 0.5) is 18.9 Å². The lowest BCUT2D eigenvalue weighted by molar-refractivity contribution is -0.113. The number of amides is 1. The van der Waals surface area contributed by atoms with Crippen LogP contribution in [0.1, 0.15) is 5.56 Å². The molecule has 1 atom stereocenters. The van der Waals surface area contributed by atoms with Gasteiger partial charge in [-0.15, -0.1) is 0 Å². The van der Waals surface area contributed by atoms with Gasteiger partial charge in [-0.25, -0.2) is 13.2 Å². The summed E-state index contributed by atoms with van der Waals surface area (Å²) in [5.74, 6) is -3.41. The Morgan fingerprint density at radius 3 is 2.45 bits per heavy atom. The molecule has 0 saturated carbocycles. The average molecular weight is 327 g/mol. The molecule has 0 aromatic heterocycles. The predicted octanol–water partition coefficient (Wildman–Crippen LogP) is 2.99. The maximum Gasteiger partial charge on any atom is 0.237 e. The minimum atomic E-state index is -1.64. The smallest absolute Gasteiger partial charge is 0.237 e. The summed E-state index contributed by atoms with van der Waals surface area (Å²) in [5, 5.41) is 2.20. The zero-order valence-corrected chi connectivity index (χ0v) is 12.1. The van der Waals surface area contributed by atoms with Gasteiger partial charge in [0.2, 0.25) is 5.91 Å². The zero-order chi connectivity index (χ0) is 16.1. The van der Waals surface area contributed by atoms with Crippen LogP contribution in [0.15, 0.2) is 42.5 Å². The average Bonchev–Trinajstić information content (AvgIpc) is 2.44. The number of anilines is 1. The monoisotopic (exact) mass is 327 g/mol. The lowest BCUT2D eigenvalue weighted by Gasteiger charge is -2.07. The minimum Gasteiger partial charge on any atom is -0.323 e. The van der Waals surface area contributed by atoms with Crippen LogP contribution < -0.4 is 5.32 Å². The third-order valence-corrected chi connectivity index (χ3v) is 3.99. The lowest BCUT2D eigenvalue weighted by Crippen LogP contribution is -2.21. The summed E-state index contributed by atoms with van der Waals surface area (Å²) in [6, 6.07) is 8.52. The summed E-state index contributed by atoms with van der Waals surface area (Å²) in [7, 11) is -1.64. The maximum absolute atomic E-state index is 13.4. The van der Waals surface area contributed by atoms with Crippen LogP contribution in [0.5, 0.6) is 0 Å². The Kier molecular flexibility index (Phi) is 5.32. The normalized spacial score (nSPS) is 12.0. The number of halogens is 3. The molecular formula is C15H12F3NO2S. The molecule has 0 spiro atoms. The van der Waals surface area contributed by atoms with Crippen LogP contribution in [0.2, 0.25) is 0 Å². The molecule has 2 aromatic rings. The van der Waals surface area contributed by atoms with Crippen molar-refractivity contribution < 1.29 is 22.2 Å². The molecule has 1 amide bonds. The second kappa shape index (κ2) is 7.22. The zero-order valence-electron chi connectivity index (χ0n) is 11.3. The second-order valence-corrected chi connectivity index (χ2v) is 5.95. The van der Waals surface area contributed by atoms with E-state index in [1.54, 1.807) is 6.07 Å². The first-order chi connectivity index (χ1) is 10.5. The molecule has 0 aliphatic carbocycles. The molecule has 0 aliphatic heterocycles. The van der Waals surface area contributed by atoms with Crippen LogP contribution in [0, 0.1) is 17.5 Å². The maximum atomic E-state index is 13.4. The fourth-order valence-corrected chi connectivity index (χ4v) is 2.81. The van der Waals surface area contributed by atoms with E-state index in [4.69, 9.17) is 0 Å². The Bertz CT molecular complexity index is 722. The standard InChI is InChI=1S/C15H12F3NO2S/c16-11-5-6-14(13(18)7-11)19-15(20)9-22(21)8-10-3-1-2-4-12(10)17/h1-7H,8-9H2,(H,19,20)/t22-/m0/s1. The number of benzene rings is 2. The van der Waals surface area contributed by atoms with Gasteiger partial charge in [0.1, 0.15) is 23.2 Å². The molecule has 0 unspecified atom stereocenters. The van der Waals surface area contributed by atoms with Crippen molar-refractivity contribution in [1.82, 2.24) is 0 Å². The van der Waals surface area contributed by atoms with Gasteiger partial charge in [0, 0.05) is 22.4 Å². The highest BCUT2D eigenvalue weighted by Crippen LogP contribution is 2.15. The van der Waals surface area contributed by atoms with E-state index in [9.17, 15) is 22.2 Å². The summed E-state index contributed by atoms with van der Waals surface area (Å²) >= 11 is 0. The molecule has 1 N–H and O–H groups in total. The van der Waals surface area contributed by atoms with E-state index in [1.165, 1.54) is 18.2 Å². The molecular weight excluding hydrogens is 315 g/mol. The molecule has 22 heavy (non-hydrogen) atoms. The van der Waals surface area contributed by atoms with Crippen molar-refractivity contribution in [2.45, 2.75) is 5.75 Å². The number of carbonyl (C=O) groups excluding carboxylic acids is 1. The summed E-state index contributed by atoms with van der Waals surface area (Å²) in [6.45, 7) is 0. The Hall–Kier alpha value is -2.15. The van der Waals surface area contributed by atoms with Gasteiger partial charge in [0.25, 0.3) is 0 Å². The van der Waals surface area contributed by atoms with Crippen molar-refractivity contribution in [3.05, 3.63) is 65.5 Å². The second-order valence-electron chi connectivity index (χ2n) is 4.49. The van der Waals surface area contributed by atoms with E-state index in [2.05, 4.69) is 5.32 Å². The Labute approximate surface area is 127 Å². The lowest BCUT2D eigenvalue weighted by atomic mass is 10.2. The molecule has 0 heterocycles. The molecule has 0 saturated heterocycles. The Morgan fingerprint density at radius 1 is 1.05 bits per heavy atom. The predicted molar refractivity (Wildman–Crippen MR) is 78.1 cm³/mol. The minimum absolute atomic E-state index is 0.119. The third kappa shape index (κ3) is 4.42. The molecule has 0 fully saturated rings. The summed E-state index contributed by atoms with van der Waals surface area (Å²) in [5.41, 5.74) is 0.0379. The molecule has 7 heteroatoms. The van der Waals surface area contributed by atoms with Crippen LogP contribution >= 0.6 is 0 Å². The number of hydrogen-bond acceptors (Lipinski definition) is 2. The first-order valence-electron chi connectivity index (χ1n) is 6.29. The molecule has 2 rings (SSSR count). The van der Waals surface area contributed by atoms with E-state index in [0.717, 1.165) is 12.1 Å². The summed E-state index contributed by atoms with van der Waals surface area (Å²) in [4.78, 5) is 11.7. The van der Waals surface area contributed by atoms with Crippen LogP contribution in [-0.2, 0) is 21.3 Å². The van der Waals surface area contributed by atoms with Crippen molar-refractivity contribution in [2.24, 2.45) is 0 Å². The van der Waals surface area contributed by atoms with Gasteiger partial charge in [-0.05, 0) is 18.2 Å². The number of carbonyl (C=O) groups is 1. The first kappa shape index (κ1) is 16.2. The Balaban J connectivity index is 1.94. The van der Waals surface area contributed by atoms with E-state index in [1.807, 2.05) is 0 Å². The van der Waals surface area contributed by atoms with E-state index in [-0.39, 0.29) is 17.0 Å². The Morgan fingerprint density at radius 2 is 1.77 bits per heavy atom. The topological polar surface area (TPSA) is 46.2 Å². The van der Waals surface area contributed by atoms with Gasteiger partial charge in [-0.2, -0.15) is 0 Å². The highest BCUT2D eigenvalue weighted by molar-refractivity contribution is 7.84. The molecule has 116 valence electrons. The van der Waals surface area contributed by atoms with Crippen molar-refractivity contribution in [3.8, 4) is 0 Å². The van der Waals surface area contributed by atoms with Gasteiger partial charge < -0.3 is 5.32 Å². The van der Waals surface area contributed by atoms with Crippen molar-refractivity contribution in [2.75, 3.05) is 11.1 Å². The van der Waals surface area contributed by atoms with E-state index < -0.39 is 39.9 Å². The highest BCUT2D eigenvalue weighted by atomic mass is 32.2. The largest absolute Gasteiger partial charge is 0.323 e. The van der Waals surface area contributed by atoms with E-state index in [0.29, 0.717) is 6.07 Å². The van der Waals surface area contributed by atoms with Gasteiger partial charge in [-0.3, -0.25) is 9.00 Å². The number of hydrogen-bond donors (Lipinski definition) is 1. The molecule has 2 aromatic carbocycles. The summed E-state index contributed by atoms with van der Waals surface area (Å²) < 4.78 is 51.3. The fraction of sp³-hybridized carbons (Fsp3) is 0.133. The van der Waals surface area contributed by atoms with Gasteiger partial charge in [-0.1, -0.05) is 18.2 Å². The van der Waals surface area contributed by atoms with Crippen LogP contribution in [0.25, 0.3) is 0 Å². The van der Waals surface area contributed by atoms with Gasteiger partial charge in [0.15, 0.2) is 0 Å². The quantitative estimate of drug-likeness (QED) is 0.918. The van der Waals surface area contributed by atoms with Gasteiger partial charge in [0.05, 0.1) is 11.4 Å². The highest BCUT2D eigenvalue weighted by Gasteiger charge is 2.13. The van der Waals surface area contributed by atoms with Crippen molar-refractivity contribution in [3.63, 3.8) is 0 Å². The first-order valence-corrected chi connectivity index (χ1v) is 7.78. The van der Waals surface area contributed by atoms with E-state index >= 15 is 0 Å². The SMILES string of the molecule is O=C(C[S@@](=O)Cc1ccccc1F)Nc1ccc(F)cc1F. The fourth-order valence-electron chi connectivity index (χ4n) is 1.76. The van der Waals surface area contributed by atoms with Crippen molar-refractivity contribution >= 4 is 22.4 Å². The number of nitrogens with one attached hydrogen (secondary N) is 1. The van der Waals surface area contributed by atoms with Crippen molar-refractivity contribution in [1.29, 1.82) is 0 Å². The van der Waals surface area contributed by atoms with Gasteiger partial charge >= 0.3 is 0 Å². The van der Waals surface area contributed by atoms with Crippen LogP contribution in [-0.4, -0.2) is 15.9 Å². The molecule has 0 radical (unpaired) electrons. The molecule has 0 aliphatic rings. The molecule has 3 nitrogen and oxygen atoms in total. The molecule has 0 bridgehead atoms.